The van der Waals surface area contributed by atoms with Crippen LogP contribution in [0.15, 0.2) is 12.3 Å². The van der Waals surface area contributed by atoms with Crippen molar-refractivity contribution in [2.45, 2.75) is 58.5 Å². The van der Waals surface area contributed by atoms with Gasteiger partial charge in [-0.1, -0.05) is 0 Å². The molecule has 5 nitrogen and oxygen atoms in total. The number of ketones is 1. The highest BCUT2D eigenvalue weighted by Crippen LogP contribution is 2.60. The van der Waals surface area contributed by atoms with Crippen LogP contribution in [0.4, 0.5) is 0 Å². The smallest absolute Gasteiger partial charge is 0.357 e. The van der Waals surface area contributed by atoms with Gasteiger partial charge in [0.1, 0.15) is 5.82 Å². The number of aryl methyl sites for hydroxylation is 1. The first-order valence-corrected chi connectivity index (χ1v) is 9.00. The van der Waals surface area contributed by atoms with E-state index in [-0.39, 0.29) is 16.9 Å². The lowest BCUT2D eigenvalue weighted by Gasteiger charge is -2.56. The van der Waals surface area contributed by atoms with Crippen molar-refractivity contribution in [2.24, 2.45) is 23.2 Å². The van der Waals surface area contributed by atoms with Crippen LogP contribution in [0.25, 0.3) is 0 Å². The molecule has 1 atom stereocenters. The van der Waals surface area contributed by atoms with Gasteiger partial charge < -0.3 is 4.74 Å². The van der Waals surface area contributed by atoms with Gasteiger partial charge in [-0.3, -0.25) is 4.79 Å². The van der Waals surface area contributed by atoms with Gasteiger partial charge in [-0.05, 0) is 76.2 Å². The third kappa shape index (κ3) is 2.64. The van der Waals surface area contributed by atoms with Crippen molar-refractivity contribution >= 4 is 11.8 Å². The van der Waals surface area contributed by atoms with Crippen LogP contribution >= 0.6 is 0 Å². The van der Waals surface area contributed by atoms with Crippen LogP contribution < -0.4 is 0 Å². The summed E-state index contributed by atoms with van der Waals surface area (Å²) in [7, 11) is 0. The van der Waals surface area contributed by atoms with Crippen molar-refractivity contribution in [2.75, 3.05) is 0 Å². The Morgan fingerprint density at radius 1 is 1.17 bits per heavy atom. The van der Waals surface area contributed by atoms with Gasteiger partial charge in [0.2, 0.25) is 0 Å². The molecule has 5 heteroatoms. The van der Waals surface area contributed by atoms with E-state index in [1.807, 2.05) is 0 Å². The Hall–Kier alpha value is -1.78. The Kier molecular flexibility index (Phi) is 3.70. The number of esters is 1. The number of hydrogen-bond donors (Lipinski definition) is 0. The molecule has 128 valence electrons. The second-order valence-corrected chi connectivity index (χ2v) is 8.10. The van der Waals surface area contributed by atoms with E-state index in [9.17, 15) is 9.59 Å². The molecule has 0 aromatic carbocycles. The number of carbonyl (C=O) groups excluding carboxylic acids is 2. The Labute approximate surface area is 142 Å². The summed E-state index contributed by atoms with van der Waals surface area (Å²) < 4.78 is 5.46. The van der Waals surface area contributed by atoms with E-state index in [4.69, 9.17) is 4.74 Å². The number of rotatable bonds is 4. The lowest BCUT2D eigenvalue weighted by molar-refractivity contribution is -0.152. The standard InChI is InChI=1S/C19H24N2O3/c1-11(24-18(23)16-3-4-20-12(2)21-16)17(22)19-8-13-5-14(9-19)7-15(6-13)10-19/h3-4,11,13-15H,5-10H2,1-2H3/t11-,13?,14?,15?,19?/m1/s1. The molecule has 0 aliphatic heterocycles. The molecule has 0 spiro atoms. The topological polar surface area (TPSA) is 69.2 Å². The van der Waals surface area contributed by atoms with Gasteiger partial charge in [-0.25, -0.2) is 14.8 Å². The van der Waals surface area contributed by atoms with E-state index in [2.05, 4.69) is 9.97 Å². The minimum absolute atomic E-state index is 0.126. The van der Waals surface area contributed by atoms with E-state index >= 15 is 0 Å². The zero-order valence-electron chi connectivity index (χ0n) is 14.3. The van der Waals surface area contributed by atoms with Gasteiger partial charge in [0.25, 0.3) is 0 Å². The third-order valence-corrected chi connectivity index (χ3v) is 6.20. The number of Topliss-reactive ketones (excluding diaryl/α,β-unsaturated/α-hetero) is 1. The predicted molar refractivity (Wildman–Crippen MR) is 87.3 cm³/mol. The monoisotopic (exact) mass is 328 g/mol. The van der Waals surface area contributed by atoms with Crippen molar-refractivity contribution in [3.8, 4) is 0 Å². The van der Waals surface area contributed by atoms with Gasteiger partial charge in [0, 0.05) is 11.6 Å². The number of nitrogens with zero attached hydrogens (tertiary/aromatic N) is 2. The summed E-state index contributed by atoms with van der Waals surface area (Å²) in [5, 5.41) is 0. The summed E-state index contributed by atoms with van der Waals surface area (Å²) in [5.74, 6) is 2.21. The molecule has 1 aromatic heterocycles. The van der Waals surface area contributed by atoms with E-state index in [1.165, 1.54) is 31.5 Å². The number of carbonyl (C=O) groups is 2. The first-order valence-electron chi connectivity index (χ1n) is 9.00. The van der Waals surface area contributed by atoms with E-state index in [0.29, 0.717) is 23.6 Å². The summed E-state index contributed by atoms with van der Waals surface area (Å²) >= 11 is 0. The largest absolute Gasteiger partial charge is 0.450 e. The van der Waals surface area contributed by atoms with Crippen LogP contribution in [0, 0.1) is 30.1 Å². The molecule has 4 fully saturated rings. The van der Waals surface area contributed by atoms with Gasteiger partial charge in [0.05, 0.1) is 0 Å². The second-order valence-electron chi connectivity index (χ2n) is 8.10. The Morgan fingerprint density at radius 3 is 2.29 bits per heavy atom. The summed E-state index contributed by atoms with van der Waals surface area (Å²) in [6.45, 7) is 3.44. The lowest BCUT2D eigenvalue weighted by atomic mass is 9.48. The number of hydrogen-bond acceptors (Lipinski definition) is 5. The first kappa shape index (κ1) is 15.7. The van der Waals surface area contributed by atoms with Crippen LogP contribution in [-0.2, 0) is 9.53 Å². The maximum absolute atomic E-state index is 13.1. The molecule has 0 radical (unpaired) electrons. The highest BCUT2D eigenvalue weighted by atomic mass is 16.5. The summed E-state index contributed by atoms with van der Waals surface area (Å²) in [4.78, 5) is 33.5. The molecule has 4 bridgehead atoms. The molecule has 1 heterocycles. The van der Waals surface area contributed by atoms with Gasteiger partial charge in [-0.15, -0.1) is 0 Å². The first-order chi connectivity index (χ1) is 11.4. The molecule has 0 unspecified atom stereocenters. The Bertz CT molecular complexity index is 650. The van der Waals surface area contributed by atoms with Crippen LogP contribution in [0.1, 0.15) is 61.8 Å². The van der Waals surface area contributed by atoms with Gasteiger partial charge >= 0.3 is 5.97 Å². The zero-order chi connectivity index (χ0) is 16.9. The molecule has 0 saturated heterocycles. The number of aromatic nitrogens is 2. The third-order valence-electron chi connectivity index (χ3n) is 6.20. The average molecular weight is 328 g/mol. The molecule has 4 aliphatic rings. The van der Waals surface area contributed by atoms with Crippen molar-refractivity contribution in [3.63, 3.8) is 0 Å². The lowest BCUT2D eigenvalue weighted by Crippen LogP contribution is -2.52. The van der Waals surface area contributed by atoms with Gasteiger partial charge in [0.15, 0.2) is 17.6 Å². The Balaban J connectivity index is 1.47. The van der Waals surface area contributed by atoms with Crippen molar-refractivity contribution in [1.82, 2.24) is 9.97 Å². The van der Waals surface area contributed by atoms with Crippen molar-refractivity contribution < 1.29 is 14.3 Å². The number of ether oxygens (including phenoxy) is 1. The fourth-order valence-electron chi connectivity index (χ4n) is 5.69. The molecule has 4 aliphatic carbocycles. The second kappa shape index (κ2) is 5.64. The minimum Gasteiger partial charge on any atom is -0.450 e. The fraction of sp³-hybridized carbons (Fsp3) is 0.684. The summed E-state index contributed by atoms with van der Waals surface area (Å²) in [6, 6.07) is 1.53. The predicted octanol–water partition coefficient (Wildman–Crippen LogP) is 3.12. The molecule has 5 rings (SSSR count). The molecular formula is C19H24N2O3. The summed E-state index contributed by atoms with van der Waals surface area (Å²) in [5.41, 5.74) is -0.0246. The molecule has 0 N–H and O–H groups in total. The van der Waals surface area contributed by atoms with Crippen LogP contribution in [-0.4, -0.2) is 27.8 Å². The van der Waals surface area contributed by atoms with E-state index < -0.39 is 12.1 Å². The zero-order valence-corrected chi connectivity index (χ0v) is 14.3. The molecule has 24 heavy (non-hydrogen) atoms. The summed E-state index contributed by atoms with van der Waals surface area (Å²) in [6.07, 6.45) is 7.68. The Morgan fingerprint density at radius 2 is 1.75 bits per heavy atom. The van der Waals surface area contributed by atoms with Crippen LogP contribution in [0.2, 0.25) is 0 Å². The quantitative estimate of drug-likeness (QED) is 0.794. The van der Waals surface area contributed by atoms with Crippen molar-refractivity contribution in [3.05, 3.63) is 23.8 Å². The van der Waals surface area contributed by atoms with Crippen LogP contribution in [0.3, 0.4) is 0 Å². The maximum Gasteiger partial charge on any atom is 0.357 e. The molecule has 1 aromatic rings. The van der Waals surface area contributed by atoms with Crippen molar-refractivity contribution in [1.29, 1.82) is 0 Å². The SMILES string of the molecule is Cc1nccc(C(=O)O[C@H](C)C(=O)C23CC4CC(CC(C4)C2)C3)n1. The fourth-order valence-corrected chi connectivity index (χ4v) is 5.69. The molecule has 0 amide bonds. The highest BCUT2D eigenvalue weighted by Gasteiger charge is 2.55. The van der Waals surface area contributed by atoms with Gasteiger partial charge in [-0.2, -0.15) is 0 Å². The average Bonchev–Trinajstić information content (AvgIpc) is 2.52. The normalized spacial score (nSPS) is 34.8. The maximum atomic E-state index is 13.1. The molecule has 4 saturated carbocycles. The van der Waals surface area contributed by atoms with E-state index in [1.54, 1.807) is 13.8 Å². The van der Waals surface area contributed by atoms with E-state index in [0.717, 1.165) is 19.3 Å². The minimum atomic E-state index is -0.705. The highest BCUT2D eigenvalue weighted by molar-refractivity contribution is 5.93. The molecular weight excluding hydrogens is 304 g/mol. The van der Waals surface area contributed by atoms with Crippen LogP contribution in [0.5, 0.6) is 0 Å².